The molecule has 4 bridgehead atoms. The second-order valence-corrected chi connectivity index (χ2v) is 11.0. The van der Waals surface area contributed by atoms with Crippen LogP contribution in [0.15, 0.2) is 24.3 Å². The third kappa shape index (κ3) is 3.90. The maximum absolute atomic E-state index is 13.2. The van der Waals surface area contributed by atoms with Crippen molar-refractivity contribution in [1.29, 1.82) is 0 Å². The Kier molecular flexibility index (Phi) is 5.15. The Bertz CT molecular complexity index is 774. The molecule has 30 heavy (non-hydrogen) atoms. The highest BCUT2D eigenvalue weighted by molar-refractivity contribution is 5.88. The van der Waals surface area contributed by atoms with E-state index >= 15 is 0 Å². The Balaban J connectivity index is 1.20. The molecule has 5 aliphatic carbocycles. The number of hydrogen-bond donors (Lipinski definition) is 1. The number of nitrogens with one attached hydrogen (secondary N) is 1. The van der Waals surface area contributed by atoms with Gasteiger partial charge in [-0.25, -0.2) is 0 Å². The zero-order valence-electron chi connectivity index (χ0n) is 18.5. The van der Waals surface area contributed by atoms with Crippen LogP contribution in [0.25, 0.3) is 0 Å². The molecule has 4 heteroatoms. The van der Waals surface area contributed by atoms with Crippen molar-refractivity contribution in [3.8, 4) is 0 Å². The van der Waals surface area contributed by atoms with Crippen molar-refractivity contribution >= 4 is 11.8 Å². The summed E-state index contributed by atoms with van der Waals surface area (Å²) in [4.78, 5) is 28.2. The second-order valence-electron chi connectivity index (χ2n) is 11.0. The lowest BCUT2D eigenvalue weighted by atomic mass is 9.49. The highest BCUT2D eigenvalue weighted by Gasteiger charge is 2.54. The van der Waals surface area contributed by atoms with E-state index in [9.17, 15) is 9.59 Å². The number of rotatable bonds is 7. The van der Waals surface area contributed by atoms with Gasteiger partial charge in [-0.3, -0.25) is 9.59 Å². The van der Waals surface area contributed by atoms with Crippen molar-refractivity contribution in [2.24, 2.45) is 23.2 Å². The molecule has 5 saturated carbocycles. The standard InChI is InChI=1S/C26H36N2O2/c1-17(2)22-5-3-18(4-6-22)16-28(23-7-8-23)24(29)15-27-25(30)26-12-19-9-20(13-26)11-21(10-19)14-26/h3-6,17,19-21,23H,7-16H2,1-2H3,(H,27,30). The molecule has 1 aromatic rings. The highest BCUT2D eigenvalue weighted by atomic mass is 16.2. The molecule has 162 valence electrons. The summed E-state index contributed by atoms with van der Waals surface area (Å²) in [5, 5.41) is 3.08. The molecule has 0 spiro atoms. The average Bonchev–Trinajstić information content (AvgIpc) is 3.54. The molecular formula is C26H36N2O2. The fraction of sp³-hybridized carbons (Fsp3) is 0.692. The lowest BCUT2D eigenvalue weighted by Gasteiger charge is -2.55. The van der Waals surface area contributed by atoms with Gasteiger partial charge in [0.25, 0.3) is 0 Å². The second kappa shape index (κ2) is 7.69. The third-order valence-corrected chi connectivity index (χ3v) is 8.23. The number of carbonyl (C=O) groups is 2. The summed E-state index contributed by atoms with van der Waals surface area (Å²) in [5.41, 5.74) is 2.32. The smallest absolute Gasteiger partial charge is 0.242 e. The number of hydrogen-bond acceptors (Lipinski definition) is 2. The van der Waals surface area contributed by atoms with Gasteiger partial charge in [0.2, 0.25) is 11.8 Å². The Labute approximate surface area is 180 Å². The van der Waals surface area contributed by atoms with Gasteiger partial charge in [-0.05, 0) is 86.2 Å². The Morgan fingerprint density at radius 3 is 2.07 bits per heavy atom. The lowest BCUT2D eigenvalue weighted by Crippen LogP contribution is -2.54. The monoisotopic (exact) mass is 408 g/mol. The minimum Gasteiger partial charge on any atom is -0.347 e. The molecule has 0 radical (unpaired) electrons. The molecule has 0 unspecified atom stereocenters. The molecule has 5 aliphatic rings. The molecule has 4 nitrogen and oxygen atoms in total. The van der Waals surface area contributed by atoms with E-state index in [-0.39, 0.29) is 23.8 Å². The first-order chi connectivity index (χ1) is 14.4. The van der Waals surface area contributed by atoms with Crippen molar-refractivity contribution < 1.29 is 9.59 Å². The minimum absolute atomic E-state index is 0.0727. The first-order valence-corrected chi connectivity index (χ1v) is 12.1. The molecule has 0 atom stereocenters. The topological polar surface area (TPSA) is 49.4 Å². The van der Waals surface area contributed by atoms with E-state index in [2.05, 4.69) is 43.4 Å². The average molecular weight is 409 g/mol. The van der Waals surface area contributed by atoms with Crippen LogP contribution in [0.1, 0.15) is 82.3 Å². The molecule has 0 saturated heterocycles. The van der Waals surface area contributed by atoms with Crippen molar-refractivity contribution in [2.45, 2.75) is 83.7 Å². The first kappa shape index (κ1) is 20.1. The molecular weight excluding hydrogens is 372 g/mol. The van der Waals surface area contributed by atoms with Gasteiger partial charge in [-0.1, -0.05) is 38.1 Å². The lowest BCUT2D eigenvalue weighted by molar-refractivity contribution is -0.148. The van der Waals surface area contributed by atoms with E-state index < -0.39 is 0 Å². The van der Waals surface area contributed by atoms with Crippen molar-refractivity contribution in [3.63, 3.8) is 0 Å². The first-order valence-electron chi connectivity index (χ1n) is 12.1. The summed E-state index contributed by atoms with van der Waals surface area (Å²) in [6, 6.07) is 8.98. The molecule has 0 aromatic heterocycles. The Morgan fingerprint density at radius 2 is 1.57 bits per heavy atom. The number of nitrogens with zero attached hydrogens (tertiary/aromatic N) is 1. The van der Waals surface area contributed by atoms with Crippen LogP contribution < -0.4 is 5.32 Å². The Morgan fingerprint density at radius 1 is 1.00 bits per heavy atom. The van der Waals surface area contributed by atoms with E-state index in [0.29, 0.717) is 18.5 Å². The molecule has 6 rings (SSSR count). The largest absolute Gasteiger partial charge is 0.347 e. The predicted octanol–water partition coefficient (Wildman–Crippen LogP) is 4.63. The molecule has 0 aliphatic heterocycles. The van der Waals surface area contributed by atoms with Crippen molar-refractivity contribution in [1.82, 2.24) is 10.2 Å². The highest BCUT2D eigenvalue weighted by Crippen LogP contribution is 2.60. The van der Waals surface area contributed by atoms with Crippen LogP contribution in [0.2, 0.25) is 0 Å². The van der Waals surface area contributed by atoms with E-state index in [1.165, 1.54) is 30.4 Å². The van der Waals surface area contributed by atoms with Gasteiger partial charge in [0, 0.05) is 18.0 Å². The third-order valence-electron chi connectivity index (χ3n) is 8.23. The van der Waals surface area contributed by atoms with Gasteiger partial charge >= 0.3 is 0 Å². The zero-order valence-corrected chi connectivity index (χ0v) is 18.5. The normalized spacial score (nSPS) is 31.8. The minimum atomic E-state index is -0.174. The number of carbonyl (C=O) groups excluding carboxylic acids is 2. The fourth-order valence-electron chi connectivity index (χ4n) is 6.85. The summed E-state index contributed by atoms with van der Waals surface area (Å²) in [7, 11) is 0. The van der Waals surface area contributed by atoms with Crippen molar-refractivity contribution in [3.05, 3.63) is 35.4 Å². The van der Waals surface area contributed by atoms with Gasteiger partial charge < -0.3 is 10.2 Å². The van der Waals surface area contributed by atoms with Crippen LogP contribution in [-0.4, -0.2) is 29.3 Å². The molecule has 0 heterocycles. The van der Waals surface area contributed by atoms with Crippen LogP contribution in [0, 0.1) is 23.2 Å². The molecule has 2 amide bonds. The summed E-state index contributed by atoms with van der Waals surface area (Å²) < 4.78 is 0. The summed E-state index contributed by atoms with van der Waals surface area (Å²) >= 11 is 0. The van der Waals surface area contributed by atoms with E-state index in [4.69, 9.17) is 0 Å². The maximum atomic E-state index is 13.2. The zero-order chi connectivity index (χ0) is 20.9. The molecule has 5 fully saturated rings. The maximum Gasteiger partial charge on any atom is 0.242 e. The predicted molar refractivity (Wildman–Crippen MR) is 118 cm³/mol. The Hall–Kier alpha value is -1.84. The van der Waals surface area contributed by atoms with Crippen LogP contribution in [0.5, 0.6) is 0 Å². The fourth-order valence-corrected chi connectivity index (χ4v) is 6.85. The SMILES string of the molecule is CC(C)c1ccc(CN(C(=O)CNC(=O)C23CC4CC(CC(C4)C2)C3)C2CC2)cc1. The molecule has 1 aromatic carbocycles. The van der Waals surface area contributed by atoms with Gasteiger partial charge in [0.15, 0.2) is 0 Å². The van der Waals surface area contributed by atoms with Crippen molar-refractivity contribution in [2.75, 3.05) is 6.54 Å². The van der Waals surface area contributed by atoms with E-state index in [0.717, 1.165) is 49.9 Å². The number of amides is 2. The number of benzene rings is 1. The van der Waals surface area contributed by atoms with E-state index in [1.807, 2.05) is 4.90 Å². The molecule has 1 N–H and O–H groups in total. The van der Waals surface area contributed by atoms with Gasteiger partial charge in [-0.15, -0.1) is 0 Å². The van der Waals surface area contributed by atoms with E-state index in [1.54, 1.807) is 0 Å². The quantitative estimate of drug-likeness (QED) is 0.715. The van der Waals surface area contributed by atoms with Gasteiger partial charge in [0.1, 0.15) is 0 Å². The van der Waals surface area contributed by atoms with Crippen LogP contribution in [0.3, 0.4) is 0 Å². The van der Waals surface area contributed by atoms with Gasteiger partial charge in [0.05, 0.1) is 6.54 Å². The summed E-state index contributed by atoms with van der Waals surface area (Å²) in [5.74, 6) is 2.98. The summed E-state index contributed by atoms with van der Waals surface area (Å²) in [6.45, 7) is 5.19. The van der Waals surface area contributed by atoms with Crippen LogP contribution in [-0.2, 0) is 16.1 Å². The van der Waals surface area contributed by atoms with Gasteiger partial charge in [-0.2, -0.15) is 0 Å². The summed E-state index contributed by atoms with van der Waals surface area (Å²) in [6.07, 6.45) is 9.30. The van der Waals surface area contributed by atoms with Crippen LogP contribution in [0.4, 0.5) is 0 Å². The van der Waals surface area contributed by atoms with Crippen LogP contribution >= 0.6 is 0 Å².